The van der Waals surface area contributed by atoms with Crippen molar-refractivity contribution < 1.29 is 28.9 Å². The molecule has 3 aromatic rings. The number of ketones is 1. The first-order chi connectivity index (χ1) is 14.0. The number of hydrogen-bond donors (Lipinski definition) is 1. The Hall–Kier alpha value is -3.09. The van der Waals surface area contributed by atoms with E-state index in [9.17, 15) is 14.7 Å². The molecule has 0 heterocycles. The normalized spacial score (nSPS) is 10.7. The van der Waals surface area contributed by atoms with E-state index in [1.165, 1.54) is 20.3 Å². The zero-order chi connectivity index (χ0) is 21.0. The molecule has 0 bridgehead atoms. The van der Waals surface area contributed by atoms with Gasteiger partial charge in [-0.15, -0.1) is 0 Å². The van der Waals surface area contributed by atoms with Crippen LogP contribution >= 0.6 is 11.6 Å². The van der Waals surface area contributed by atoms with Gasteiger partial charge in [-0.05, 0) is 41.1 Å². The van der Waals surface area contributed by atoms with E-state index < -0.39 is 11.8 Å². The lowest BCUT2D eigenvalue weighted by Crippen LogP contribution is -2.14. The van der Waals surface area contributed by atoms with Crippen LogP contribution in [0.15, 0.2) is 48.5 Å². The molecule has 29 heavy (non-hydrogen) atoms. The van der Waals surface area contributed by atoms with Crippen molar-refractivity contribution in [2.75, 3.05) is 21.0 Å². The molecule has 0 aliphatic heterocycles. The van der Waals surface area contributed by atoms with Crippen molar-refractivity contribution in [3.8, 4) is 11.5 Å². The Morgan fingerprint density at radius 1 is 1.07 bits per heavy atom. The predicted octanol–water partition coefficient (Wildman–Crippen LogP) is 4.34. The molecule has 1 N–H and O–H groups in total. The van der Waals surface area contributed by atoms with E-state index in [0.29, 0.717) is 28.0 Å². The number of halogens is 1. The summed E-state index contributed by atoms with van der Waals surface area (Å²) in [5.41, 5.74) is 1.87. The quantitative estimate of drug-likeness (QED) is 0.335. The van der Waals surface area contributed by atoms with Crippen LogP contribution in [0.4, 0.5) is 0 Å². The van der Waals surface area contributed by atoms with E-state index >= 15 is 0 Å². The summed E-state index contributed by atoms with van der Waals surface area (Å²) >= 11 is 5.97. The number of carbonyl (C=O) groups is 2. The second kappa shape index (κ2) is 8.94. The molecule has 0 aromatic heterocycles. The lowest BCUT2D eigenvalue weighted by Gasteiger charge is -2.18. The smallest absolute Gasteiger partial charge is 0.377 e. The van der Waals surface area contributed by atoms with E-state index in [0.717, 1.165) is 11.1 Å². The van der Waals surface area contributed by atoms with Crippen LogP contribution in [0, 0.1) is 0 Å². The van der Waals surface area contributed by atoms with Crippen LogP contribution in [0.3, 0.4) is 0 Å². The molecule has 6 nitrogen and oxygen atoms in total. The number of carboxylic acids is 1. The highest BCUT2D eigenvalue weighted by molar-refractivity contribution is 6.42. The minimum atomic E-state index is -1.54. The third-order valence-corrected chi connectivity index (χ3v) is 4.71. The van der Waals surface area contributed by atoms with E-state index in [1.807, 2.05) is 18.2 Å². The molecule has 150 valence electrons. The summed E-state index contributed by atoms with van der Waals surface area (Å²) in [7, 11) is 2.92. The van der Waals surface area contributed by atoms with Crippen molar-refractivity contribution in [1.29, 1.82) is 0 Å². The number of Topliss-reactive ketones (excluding diaryl/α,β-unsaturated/α-hetero) is 1. The van der Waals surface area contributed by atoms with Crippen molar-refractivity contribution in [1.82, 2.24) is 0 Å². The number of carbonyl (C=O) groups excluding carboxylic acids is 1. The molecule has 0 spiro atoms. The maximum Gasteiger partial charge on any atom is 0.377 e. The Kier molecular flexibility index (Phi) is 6.36. The number of rotatable bonds is 8. The number of carboxylic acid groups (broad SMARTS) is 1. The molecule has 0 amide bonds. The van der Waals surface area contributed by atoms with Gasteiger partial charge >= 0.3 is 5.97 Å². The van der Waals surface area contributed by atoms with Gasteiger partial charge in [-0.3, -0.25) is 4.79 Å². The number of hydrogen-bond acceptors (Lipinski definition) is 5. The van der Waals surface area contributed by atoms with Gasteiger partial charge in [0, 0.05) is 23.1 Å². The number of fused-ring (bicyclic) bond motifs is 1. The van der Waals surface area contributed by atoms with Crippen molar-refractivity contribution in [3.05, 3.63) is 70.2 Å². The zero-order valence-corrected chi connectivity index (χ0v) is 16.7. The van der Waals surface area contributed by atoms with Crippen LogP contribution in [0.25, 0.3) is 10.8 Å². The van der Waals surface area contributed by atoms with Crippen LogP contribution in [0.1, 0.15) is 21.5 Å². The SMILES string of the molecule is COCOc1c(OC)cc(C(=O)C(=O)O)c2cccc(Cc3ccc(Cl)cc3)c12. The molecule has 0 fully saturated rings. The molecule has 3 rings (SSSR count). The van der Waals surface area contributed by atoms with E-state index in [1.54, 1.807) is 24.3 Å². The highest BCUT2D eigenvalue weighted by Gasteiger charge is 2.24. The van der Waals surface area contributed by atoms with Gasteiger partial charge in [0.2, 0.25) is 0 Å². The largest absolute Gasteiger partial charge is 0.493 e. The number of benzene rings is 3. The average molecular weight is 415 g/mol. The van der Waals surface area contributed by atoms with Gasteiger partial charge < -0.3 is 19.3 Å². The molecule has 3 aromatic carbocycles. The fraction of sp³-hybridized carbons (Fsp3) is 0.182. The van der Waals surface area contributed by atoms with Crippen LogP contribution in [-0.2, 0) is 16.0 Å². The fourth-order valence-corrected chi connectivity index (χ4v) is 3.30. The number of aliphatic carboxylic acids is 1. The Morgan fingerprint density at radius 3 is 2.41 bits per heavy atom. The van der Waals surface area contributed by atoms with E-state index in [2.05, 4.69) is 0 Å². The van der Waals surface area contributed by atoms with Gasteiger partial charge in [-0.25, -0.2) is 4.79 Å². The molecule has 0 aliphatic rings. The van der Waals surface area contributed by atoms with Crippen molar-refractivity contribution >= 4 is 34.1 Å². The average Bonchev–Trinajstić information content (AvgIpc) is 2.72. The standard InChI is InChI=1S/C22H19ClO6/c1-27-12-29-21-18(28-2)11-17(20(24)22(25)26)16-5-3-4-14(19(16)21)10-13-6-8-15(23)9-7-13/h3-9,11H,10,12H2,1-2H3,(H,25,26). The first-order valence-electron chi connectivity index (χ1n) is 8.72. The molecule has 0 aliphatic carbocycles. The molecule has 0 unspecified atom stereocenters. The van der Waals surface area contributed by atoms with Gasteiger partial charge in [0.05, 0.1) is 7.11 Å². The van der Waals surface area contributed by atoms with Crippen molar-refractivity contribution in [2.24, 2.45) is 0 Å². The topological polar surface area (TPSA) is 82.1 Å². The summed E-state index contributed by atoms with van der Waals surface area (Å²) < 4.78 is 16.2. The lowest BCUT2D eigenvalue weighted by molar-refractivity contribution is -0.131. The third kappa shape index (κ3) is 4.34. The summed E-state index contributed by atoms with van der Waals surface area (Å²) in [5.74, 6) is -1.92. The zero-order valence-electron chi connectivity index (χ0n) is 15.9. The Bertz CT molecular complexity index is 1060. The molecular formula is C22H19ClO6. The minimum Gasteiger partial charge on any atom is -0.493 e. The molecular weight excluding hydrogens is 396 g/mol. The summed E-state index contributed by atoms with van der Waals surface area (Å²) in [6.07, 6.45) is 0.520. The predicted molar refractivity (Wildman–Crippen MR) is 109 cm³/mol. The maximum atomic E-state index is 12.3. The summed E-state index contributed by atoms with van der Waals surface area (Å²) in [6.45, 7) is -0.0348. The van der Waals surface area contributed by atoms with Crippen LogP contribution in [-0.4, -0.2) is 37.9 Å². The molecule has 7 heteroatoms. The summed E-state index contributed by atoms with van der Waals surface area (Å²) in [4.78, 5) is 23.7. The molecule has 0 saturated heterocycles. The Labute approximate surface area is 172 Å². The number of methoxy groups -OCH3 is 2. The second-order valence-electron chi connectivity index (χ2n) is 6.28. The van der Waals surface area contributed by atoms with Crippen molar-refractivity contribution in [3.63, 3.8) is 0 Å². The maximum absolute atomic E-state index is 12.3. The van der Waals surface area contributed by atoms with E-state index in [-0.39, 0.29) is 18.1 Å². The Balaban J connectivity index is 2.27. The molecule has 0 radical (unpaired) electrons. The fourth-order valence-electron chi connectivity index (χ4n) is 3.18. The highest BCUT2D eigenvalue weighted by Crippen LogP contribution is 2.41. The van der Waals surface area contributed by atoms with Crippen molar-refractivity contribution in [2.45, 2.75) is 6.42 Å². The van der Waals surface area contributed by atoms with Crippen LogP contribution in [0.5, 0.6) is 11.5 Å². The Morgan fingerprint density at radius 2 is 1.79 bits per heavy atom. The molecule has 0 atom stereocenters. The minimum absolute atomic E-state index is 0.0343. The van der Waals surface area contributed by atoms with Gasteiger partial charge in [0.1, 0.15) is 0 Å². The highest BCUT2D eigenvalue weighted by atomic mass is 35.5. The monoisotopic (exact) mass is 414 g/mol. The van der Waals surface area contributed by atoms with Crippen LogP contribution < -0.4 is 9.47 Å². The van der Waals surface area contributed by atoms with Gasteiger partial charge in [-0.2, -0.15) is 0 Å². The first-order valence-corrected chi connectivity index (χ1v) is 9.10. The second-order valence-corrected chi connectivity index (χ2v) is 6.72. The number of ether oxygens (including phenoxy) is 3. The molecule has 0 saturated carbocycles. The lowest BCUT2D eigenvalue weighted by atomic mass is 9.93. The van der Waals surface area contributed by atoms with Crippen LogP contribution in [0.2, 0.25) is 5.02 Å². The summed E-state index contributed by atoms with van der Waals surface area (Å²) in [6, 6.07) is 14.1. The van der Waals surface area contributed by atoms with Gasteiger partial charge in [0.15, 0.2) is 18.3 Å². The van der Waals surface area contributed by atoms with Gasteiger partial charge in [0.25, 0.3) is 5.78 Å². The summed E-state index contributed by atoms with van der Waals surface area (Å²) in [5, 5.41) is 10.9. The first kappa shape index (κ1) is 20.6. The third-order valence-electron chi connectivity index (χ3n) is 4.45. The van der Waals surface area contributed by atoms with Gasteiger partial charge in [-0.1, -0.05) is 41.9 Å². The van der Waals surface area contributed by atoms with E-state index in [4.69, 9.17) is 25.8 Å².